The maximum absolute atomic E-state index is 10.8. The Morgan fingerprint density at radius 2 is 1.80 bits per heavy atom. The summed E-state index contributed by atoms with van der Waals surface area (Å²) in [7, 11) is 3.55. The monoisotopic (exact) mass is 281 g/mol. The van der Waals surface area contributed by atoms with Gasteiger partial charge in [-0.3, -0.25) is 10.1 Å². The van der Waals surface area contributed by atoms with Crippen LogP contribution in [0.5, 0.6) is 5.75 Å². The first-order valence-corrected chi connectivity index (χ1v) is 6.87. The molecule has 0 N–H and O–H groups in total. The van der Waals surface area contributed by atoms with E-state index in [0.717, 1.165) is 31.9 Å². The molecule has 1 aliphatic heterocycles. The van der Waals surface area contributed by atoms with Crippen LogP contribution in [0, 0.1) is 10.1 Å². The molecule has 0 unspecified atom stereocenters. The lowest BCUT2D eigenvalue weighted by Gasteiger charge is -2.34. The van der Waals surface area contributed by atoms with Gasteiger partial charge in [-0.05, 0) is 13.1 Å². The molecule has 1 aromatic carbocycles. The lowest BCUT2D eigenvalue weighted by atomic mass is 10.2. The van der Waals surface area contributed by atoms with Gasteiger partial charge in [0.2, 0.25) is 0 Å². The van der Waals surface area contributed by atoms with Crippen LogP contribution in [-0.4, -0.2) is 50.2 Å². The molecule has 0 radical (unpaired) electrons. The van der Waals surface area contributed by atoms with Crippen LogP contribution in [-0.2, 0) is 0 Å². The summed E-state index contributed by atoms with van der Waals surface area (Å²) in [5, 5.41) is 10.8. The molecule has 0 aliphatic carbocycles. The molecule has 0 amide bonds. The Morgan fingerprint density at radius 3 is 2.30 bits per heavy atom. The smallest absolute Gasteiger partial charge is 0.311 e. The zero-order valence-electron chi connectivity index (χ0n) is 12.6. The molecule has 112 valence electrons. The van der Waals surface area contributed by atoms with Crippen LogP contribution < -0.4 is 9.64 Å². The number of rotatable bonds is 3. The van der Waals surface area contributed by atoms with E-state index in [1.54, 1.807) is 12.1 Å². The summed E-state index contributed by atoms with van der Waals surface area (Å²) in [6.07, 6.45) is 0. The van der Waals surface area contributed by atoms with E-state index in [-0.39, 0.29) is 5.69 Å². The number of nitro benzene ring substituents is 1. The van der Waals surface area contributed by atoms with Gasteiger partial charge in [-0.2, -0.15) is 0 Å². The second kappa shape index (κ2) is 7.69. The van der Waals surface area contributed by atoms with Gasteiger partial charge in [0.05, 0.1) is 12.0 Å². The first-order chi connectivity index (χ1) is 9.61. The molecule has 0 spiro atoms. The molecule has 0 saturated carbocycles. The third-order valence-electron chi connectivity index (χ3n) is 3.23. The van der Waals surface area contributed by atoms with Crippen molar-refractivity contribution in [1.82, 2.24) is 4.90 Å². The van der Waals surface area contributed by atoms with Crippen LogP contribution in [0.1, 0.15) is 13.8 Å². The molecule has 20 heavy (non-hydrogen) atoms. The zero-order valence-corrected chi connectivity index (χ0v) is 12.6. The summed E-state index contributed by atoms with van der Waals surface area (Å²) < 4.78 is 5.08. The number of benzene rings is 1. The van der Waals surface area contributed by atoms with Gasteiger partial charge in [-0.15, -0.1) is 0 Å². The van der Waals surface area contributed by atoms with Crippen LogP contribution in [0.15, 0.2) is 18.2 Å². The molecule has 6 nitrogen and oxygen atoms in total. The average molecular weight is 281 g/mol. The highest BCUT2D eigenvalue weighted by molar-refractivity contribution is 5.59. The minimum absolute atomic E-state index is 0.00961. The molecule has 6 heteroatoms. The predicted molar refractivity (Wildman–Crippen MR) is 80.7 cm³/mol. The molecule has 1 aliphatic rings. The van der Waals surface area contributed by atoms with Crippen LogP contribution in [0.2, 0.25) is 0 Å². The van der Waals surface area contributed by atoms with Crippen molar-refractivity contribution in [3.05, 3.63) is 28.3 Å². The van der Waals surface area contributed by atoms with Crippen molar-refractivity contribution in [2.45, 2.75) is 13.8 Å². The number of ether oxygens (including phenoxy) is 1. The Morgan fingerprint density at radius 1 is 1.20 bits per heavy atom. The maximum Gasteiger partial charge on any atom is 0.311 e. The predicted octanol–water partition coefficient (Wildman–Crippen LogP) is 2.38. The number of hydrogen-bond acceptors (Lipinski definition) is 5. The number of methoxy groups -OCH3 is 1. The third kappa shape index (κ3) is 3.84. The number of likely N-dealkylation sites (N-methyl/N-ethyl adjacent to an activating group) is 1. The van der Waals surface area contributed by atoms with E-state index in [0.29, 0.717) is 5.75 Å². The summed E-state index contributed by atoms with van der Waals surface area (Å²) in [5.41, 5.74) is 0.987. The van der Waals surface area contributed by atoms with Gasteiger partial charge in [0, 0.05) is 44.0 Å². The highest BCUT2D eigenvalue weighted by atomic mass is 16.6. The fourth-order valence-corrected chi connectivity index (χ4v) is 2.08. The van der Waals surface area contributed by atoms with Crippen LogP contribution in [0.25, 0.3) is 0 Å². The summed E-state index contributed by atoms with van der Waals surface area (Å²) in [5.74, 6) is 0.316. The molecule has 2 rings (SSSR count). The first-order valence-electron chi connectivity index (χ1n) is 6.87. The summed E-state index contributed by atoms with van der Waals surface area (Å²) in [4.78, 5) is 14.9. The highest BCUT2D eigenvalue weighted by Gasteiger charge is 2.19. The number of anilines is 1. The van der Waals surface area contributed by atoms with E-state index in [1.165, 1.54) is 13.2 Å². The molecular formula is C14H23N3O3. The Kier molecular flexibility index (Phi) is 6.24. The summed E-state index contributed by atoms with van der Waals surface area (Å²) in [6.45, 7) is 7.85. The third-order valence-corrected chi connectivity index (χ3v) is 3.23. The van der Waals surface area contributed by atoms with Crippen molar-refractivity contribution in [2.24, 2.45) is 0 Å². The highest BCUT2D eigenvalue weighted by Crippen LogP contribution is 2.31. The van der Waals surface area contributed by atoms with Gasteiger partial charge >= 0.3 is 5.69 Å². The van der Waals surface area contributed by atoms with Crippen molar-refractivity contribution in [2.75, 3.05) is 45.2 Å². The maximum atomic E-state index is 10.8. The minimum atomic E-state index is -0.424. The molecule has 1 saturated heterocycles. The van der Waals surface area contributed by atoms with Crippen molar-refractivity contribution in [3.63, 3.8) is 0 Å². The van der Waals surface area contributed by atoms with E-state index >= 15 is 0 Å². The Labute approximate surface area is 120 Å². The number of nitro groups is 1. The van der Waals surface area contributed by atoms with Crippen LogP contribution in [0.4, 0.5) is 11.4 Å². The van der Waals surface area contributed by atoms with Crippen molar-refractivity contribution >= 4 is 11.4 Å². The van der Waals surface area contributed by atoms with Crippen LogP contribution >= 0.6 is 0 Å². The fourth-order valence-electron chi connectivity index (χ4n) is 2.08. The molecule has 0 aromatic heterocycles. The SMILES string of the molecule is CC.COc1cc(N2CCN(C)CC2)ccc1[N+](=O)[O-]. The Balaban J connectivity index is 0.000000956. The lowest BCUT2D eigenvalue weighted by Crippen LogP contribution is -2.44. The number of nitrogens with zero attached hydrogens (tertiary/aromatic N) is 3. The second-order valence-electron chi connectivity index (χ2n) is 4.40. The van der Waals surface area contributed by atoms with E-state index in [9.17, 15) is 10.1 Å². The molecule has 0 bridgehead atoms. The van der Waals surface area contributed by atoms with E-state index < -0.39 is 4.92 Å². The van der Waals surface area contributed by atoms with E-state index in [2.05, 4.69) is 16.8 Å². The minimum Gasteiger partial charge on any atom is -0.490 e. The van der Waals surface area contributed by atoms with E-state index in [1.807, 2.05) is 13.8 Å². The molecule has 0 atom stereocenters. The largest absolute Gasteiger partial charge is 0.490 e. The van der Waals surface area contributed by atoms with Gasteiger partial charge < -0.3 is 14.5 Å². The van der Waals surface area contributed by atoms with Gasteiger partial charge in [0.15, 0.2) is 5.75 Å². The van der Waals surface area contributed by atoms with Crippen molar-refractivity contribution < 1.29 is 9.66 Å². The molecular weight excluding hydrogens is 258 g/mol. The topological polar surface area (TPSA) is 58.8 Å². The number of hydrogen-bond donors (Lipinski definition) is 0. The Hall–Kier alpha value is -1.82. The normalized spacial score (nSPS) is 15.3. The first kappa shape index (κ1) is 16.2. The second-order valence-corrected chi connectivity index (χ2v) is 4.40. The molecule has 1 fully saturated rings. The van der Waals surface area contributed by atoms with Gasteiger partial charge in [0.25, 0.3) is 0 Å². The summed E-state index contributed by atoms with van der Waals surface area (Å²) >= 11 is 0. The lowest BCUT2D eigenvalue weighted by molar-refractivity contribution is -0.385. The molecule has 1 heterocycles. The van der Waals surface area contributed by atoms with Gasteiger partial charge in [0.1, 0.15) is 0 Å². The fraction of sp³-hybridized carbons (Fsp3) is 0.571. The van der Waals surface area contributed by atoms with Gasteiger partial charge in [-0.25, -0.2) is 0 Å². The molecule has 1 aromatic rings. The summed E-state index contributed by atoms with van der Waals surface area (Å²) in [6, 6.07) is 5.03. The number of piperazine rings is 1. The zero-order chi connectivity index (χ0) is 15.1. The van der Waals surface area contributed by atoms with Crippen molar-refractivity contribution in [3.8, 4) is 5.75 Å². The Bertz CT molecular complexity index is 443. The average Bonchev–Trinajstić information content (AvgIpc) is 2.49. The van der Waals surface area contributed by atoms with Gasteiger partial charge in [-0.1, -0.05) is 13.8 Å². The van der Waals surface area contributed by atoms with Crippen molar-refractivity contribution in [1.29, 1.82) is 0 Å². The quantitative estimate of drug-likeness (QED) is 0.629. The van der Waals surface area contributed by atoms with E-state index in [4.69, 9.17) is 4.74 Å². The van der Waals surface area contributed by atoms with Crippen LogP contribution in [0.3, 0.4) is 0 Å². The standard InChI is InChI=1S/C12H17N3O3.C2H6/c1-13-5-7-14(8-6-13)10-3-4-11(15(16)17)12(9-10)18-2;1-2/h3-4,9H,5-8H2,1-2H3;1-2H3.